The monoisotopic (exact) mass is 722 g/mol. The van der Waals surface area contributed by atoms with Crippen molar-refractivity contribution in [2.24, 2.45) is 0 Å². The number of aliphatic hydroxyl groups is 1. The fourth-order valence-corrected chi connectivity index (χ4v) is 8.43. The van der Waals surface area contributed by atoms with Crippen molar-refractivity contribution in [2.45, 2.75) is 50.6 Å². The minimum atomic E-state index is 0.0108. The molecule has 7 aliphatic heterocycles. The first-order chi connectivity index (χ1) is 26.0. The lowest BCUT2D eigenvalue weighted by atomic mass is 9.84. The van der Waals surface area contributed by atoms with Gasteiger partial charge in [0.05, 0.1) is 53.5 Å². The fourth-order valence-electron chi connectivity index (χ4n) is 8.43. The number of rotatable bonds is 10. The summed E-state index contributed by atoms with van der Waals surface area (Å²) in [6, 6.07) is 15.1. The third-order valence-corrected chi connectivity index (χ3v) is 11.2. The van der Waals surface area contributed by atoms with E-state index in [4.69, 9.17) is 37.6 Å². The Balaban J connectivity index is 1.27. The van der Waals surface area contributed by atoms with Gasteiger partial charge >= 0.3 is 0 Å². The van der Waals surface area contributed by atoms with E-state index in [-0.39, 0.29) is 18.7 Å². The first-order valence-corrected chi connectivity index (χ1v) is 18.9. The Kier molecular flexibility index (Phi) is 10.8. The van der Waals surface area contributed by atoms with Crippen LogP contribution >= 0.6 is 0 Å². The number of hydrogen-bond donors (Lipinski definition) is 1. The second-order valence-electron chi connectivity index (χ2n) is 14.4. The van der Waals surface area contributed by atoms with E-state index in [0.717, 1.165) is 97.7 Å². The van der Waals surface area contributed by atoms with Crippen molar-refractivity contribution in [1.82, 2.24) is 9.80 Å². The van der Waals surface area contributed by atoms with Crippen LogP contribution in [-0.2, 0) is 28.7 Å². The van der Waals surface area contributed by atoms with Crippen molar-refractivity contribution in [3.63, 3.8) is 0 Å². The molecule has 2 atom stereocenters. The Bertz CT molecular complexity index is 2080. The molecule has 1 aromatic heterocycles. The molecule has 0 saturated carbocycles. The lowest BCUT2D eigenvalue weighted by Gasteiger charge is -2.37. The Morgan fingerprint density at radius 3 is 2.45 bits per heavy atom. The third kappa shape index (κ3) is 7.43. The second kappa shape index (κ2) is 16.0. The first kappa shape index (κ1) is 35.7. The van der Waals surface area contributed by atoms with Crippen molar-refractivity contribution < 1.29 is 37.6 Å². The smallest absolute Gasteiger partial charge is 0.177 e. The van der Waals surface area contributed by atoms with Gasteiger partial charge in [-0.25, -0.2) is 0 Å². The molecule has 10 nitrogen and oxygen atoms in total. The molecule has 1 aliphatic carbocycles. The standard InChI is InChI=1S/C43H50N2O8/c1-44-13-10-31-26-41(48-3)43-33-12-17-51-38-27-34-30(25-40(38)53-43)11-14-45(15-18-49-20-21-50-19-16-46)35(34)23-29-6-9-37(47-2)39(24-29)52-32-7-4-28(5-8-32)22-36(44)42(31)33/h4,6-7,9,12,17,24-27,35-36,46H,5,8,10-11,13-16,18-23H2,1-3H3. The van der Waals surface area contributed by atoms with Gasteiger partial charge in [-0.1, -0.05) is 17.7 Å². The van der Waals surface area contributed by atoms with Gasteiger partial charge in [0, 0.05) is 43.5 Å². The number of aliphatic hydroxyl groups excluding tert-OH is 1. The van der Waals surface area contributed by atoms with E-state index < -0.39 is 0 Å². The summed E-state index contributed by atoms with van der Waals surface area (Å²) in [5.41, 5.74) is 9.64. The van der Waals surface area contributed by atoms with Crippen LogP contribution in [0, 0.1) is 0 Å². The molecule has 3 aromatic carbocycles. The average molecular weight is 723 g/mol. The number of allylic oxidation sites excluding steroid dienone is 3. The van der Waals surface area contributed by atoms with Gasteiger partial charge < -0.3 is 37.6 Å². The summed E-state index contributed by atoms with van der Waals surface area (Å²) in [5.74, 6) is 3.13. The second-order valence-corrected chi connectivity index (χ2v) is 14.4. The molecule has 0 saturated heterocycles. The summed E-state index contributed by atoms with van der Waals surface area (Å²) in [4.78, 5) is 4.96. The Morgan fingerprint density at radius 1 is 0.792 bits per heavy atom. The molecule has 2 unspecified atom stereocenters. The molecular formula is C43H50N2O8. The number of methoxy groups -OCH3 is 2. The van der Waals surface area contributed by atoms with Crippen LogP contribution in [0.25, 0.3) is 22.1 Å². The number of likely N-dealkylation sites (N-methyl/N-ethyl adjacent to an activating group) is 1. The minimum Gasteiger partial charge on any atom is -0.493 e. The molecule has 1 N–H and O–H groups in total. The molecule has 0 radical (unpaired) electrons. The predicted molar refractivity (Wildman–Crippen MR) is 203 cm³/mol. The molecule has 53 heavy (non-hydrogen) atoms. The SMILES string of the molecule is COc1ccc2cc1OC1=CC=C(CC1)CC1c3c(cc(OC)c4oc5cc6c(cc5occc34)C(C2)N(CCOCCOCCO)CC6)CCN1C. The summed E-state index contributed by atoms with van der Waals surface area (Å²) in [7, 11) is 5.64. The topological polar surface area (TPSA) is 99.1 Å². The van der Waals surface area contributed by atoms with E-state index in [2.05, 4.69) is 65.4 Å². The van der Waals surface area contributed by atoms with E-state index in [1.54, 1.807) is 14.2 Å². The zero-order valence-corrected chi connectivity index (χ0v) is 31.0. The molecule has 12 bridgehead atoms. The van der Waals surface area contributed by atoms with E-state index >= 15 is 0 Å². The maximum absolute atomic E-state index is 9.01. The Hall–Kier alpha value is -4.32. The quantitative estimate of drug-likeness (QED) is 0.167. The van der Waals surface area contributed by atoms with Crippen molar-refractivity contribution in [3.05, 3.63) is 100 Å². The van der Waals surface area contributed by atoms with E-state index in [0.29, 0.717) is 37.6 Å². The van der Waals surface area contributed by atoms with Crippen molar-refractivity contribution in [3.8, 4) is 17.2 Å². The molecule has 12 rings (SSSR count). The molecule has 8 aliphatic rings. The maximum atomic E-state index is 9.01. The van der Waals surface area contributed by atoms with Gasteiger partial charge in [0.2, 0.25) is 0 Å². The summed E-state index contributed by atoms with van der Waals surface area (Å²) in [5, 5.41) is 10.0. The number of ether oxygens (including phenoxy) is 5. The summed E-state index contributed by atoms with van der Waals surface area (Å²) < 4.78 is 43.2. The van der Waals surface area contributed by atoms with E-state index in [9.17, 15) is 0 Å². The van der Waals surface area contributed by atoms with Crippen LogP contribution in [0.5, 0.6) is 17.2 Å². The zero-order valence-electron chi connectivity index (χ0n) is 31.0. The number of hydrogen-bond acceptors (Lipinski definition) is 10. The summed E-state index contributed by atoms with van der Waals surface area (Å²) >= 11 is 0. The maximum Gasteiger partial charge on any atom is 0.177 e. The molecular weight excluding hydrogens is 672 g/mol. The zero-order chi connectivity index (χ0) is 36.3. The van der Waals surface area contributed by atoms with Crippen LogP contribution in [0.3, 0.4) is 0 Å². The van der Waals surface area contributed by atoms with E-state index in [1.165, 1.54) is 27.8 Å². The van der Waals surface area contributed by atoms with Crippen LogP contribution in [-0.4, -0.2) is 88.8 Å². The third-order valence-electron chi connectivity index (χ3n) is 11.2. The van der Waals surface area contributed by atoms with Gasteiger partial charge in [0.15, 0.2) is 34.0 Å². The molecule has 10 heteroatoms. The van der Waals surface area contributed by atoms with Gasteiger partial charge in [-0.3, -0.25) is 9.80 Å². The van der Waals surface area contributed by atoms with Crippen molar-refractivity contribution >= 4 is 22.1 Å². The predicted octanol–water partition coefficient (Wildman–Crippen LogP) is 7.40. The lowest BCUT2D eigenvalue weighted by Crippen LogP contribution is -2.39. The Morgan fingerprint density at radius 2 is 1.64 bits per heavy atom. The normalized spacial score (nSPS) is 19.9. The number of nitrogens with zero attached hydrogens (tertiary/aromatic N) is 2. The van der Waals surface area contributed by atoms with Crippen LogP contribution < -0.4 is 14.2 Å². The largest absolute Gasteiger partial charge is 0.493 e. The van der Waals surface area contributed by atoms with Crippen molar-refractivity contribution in [1.29, 1.82) is 0 Å². The van der Waals surface area contributed by atoms with Crippen molar-refractivity contribution in [2.75, 3.05) is 73.9 Å². The highest BCUT2D eigenvalue weighted by molar-refractivity contribution is 5.89. The molecule has 0 fully saturated rings. The first-order valence-electron chi connectivity index (χ1n) is 18.9. The van der Waals surface area contributed by atoms with Crippen LogP contribution in [0.2, 0.25) is 0 Å². The highest BCUT2D eigenvalue weighted by atomic mass is 16.5. The Labute approximate surface area is 310 Å². The van der Waals surface area contributed by atoms with Gasteiger partial charge in [-0.2, -0.15) is 0 Å². The van der Waals surface area contributed by atoms with Crippen LogP contribution in [0.4, 0.5) is 0 Å². The average Bonchev–Trinajstić information content (AvgIpc) is 3.16. The summed E-state index contributed by atoms with van der Waals surface area (Å²) in [6.45, 7) is 4.43. The van der Waals surface area contributed by atoms with Gasteiger partial charge in [0.25, 0.3) is 0 Å². The summed E-state index contributed by atoms with van der Waals surface area (Å²) in [6.07, 6.45) is 11.4. The highest BCUT2D eigenvalue weighted by Crippen LogP contribution is 2.44. The number of benzene rings is 3. The van der Waals surface area contributed by atoms with Gasteiger partial charge in [-0.15, -0.1) is 0 Å². The minimum absolute atomic E-state index is 0.0108. The van der Waals surface area contributed by atoms with E-state index in [1.807, 2.05) is 12.3 Å². The molecule has 280 valence electrons. The lowest BCUT2D eigenvalue weighted by molar-refractivity contribution is 0.0217. The van der Waals surface area contributed by atoms with Crippen LogP contribution in [0.15, 0.2) is 81.0 Å². The van der Waals surface area contributed by atoms with Crippen LogP contribution in [0.1, 0.15) is 59.2 Å². The molecule has 0 amide bonds. The molecule has 4 aromatic rings. The molecule has 0 spiro atoms. The highest BCUT2D eigenvalue weighted by Gasteiger charge is 2.32. The van der Waals surface area contributed by atoms with Gasteiger partial charge in [0.1, 0.15) is 5.76 Å². The van der Waals surface area contributed by atoms with Gasteiger partial charge in [-0.05, 0) is 109 Å². The fraction of sp³-hybridized carbons (Fsp3) is 0.442. The molecule has 8 heterocycles.